The first-order valence-corrected chi connectivity index (χ1v) is 3.52. The Morgan fingerprint density at radius 1 is 1.54 bits per heavy atom. The van der Waals surface area contributed by atoms with Crippen molar-refractivity contribution in [2.45, 2.75) is 6.42 Å². The predicted octanol–water partition coefficient (Wildman–Crippen LogP) is 1.46. The standard InChI is InChI=1S/C8H6N2O2.ClH/c11-8(12)6-3-5-1-2-9-7(5)10-4-6;/h2-4H,1H2,(H,11,12);1H. The highest BCUT2D eigenvalue weighted by atomic mass is 35.5. The molecular formula is C8H7ClN2O2. The fourth-order valence-corrected chi connectivity index (χ4v) is 1.12. The van der Waals surface area contributed by atoms with Gasteiger partial charge in [0.25, 0.3) is 0 Å². The highest BCUT2D eigenvalue weighted by molar-refractivity contribution is 5.88. The van der Waals surface area contributed by atoms with Crippen LogP contribution in [-0.2, 0) is 6.42 Å². The van der Waals surface area contributed by atoms with Crippen molar-refractivity contribution in [1.29, 1.82) is 0 Å². The second-order valence-corrected chi connectivity index (χ2v) is 2.53. The number of carbonyl (C=O) groups is 1. The van der Waals surface area contributed by atoms with E-state index in [0.717, 1.165) is 5.56 Å². The summed E-state index contributed by atoms with van der Waals surface area (Å²) in [5.41, 5.74) is 1.11. The molecule has 0 atom stereocenters. The van der Waals surface area contributed by atoms with Crippen LogP contribution in [0.15, 0.2) is 17.3 Å². The van der Waals surface area contributed by atoms with Crippen LogP contribution in [-0.4, -0.2) is 22.3 Å². The van der Waals surface area contributed by atoms with E-state index in [4.69, 9.17) is 5.11 Å². The van der Waals surface area contributed by atoms with Gasteiger partial charge in [-0.1, -0.05) is 0 Å². The highest BCUT2D eigenvalue weighted by Crippen LogP contribution is 2.21. The maximum absolute atomic E-state index is 10.5. The van der Waals surface area contributed by atoms with Crippen molar-refractivity contribution in [3.63, 3.8) is 0 Å². The number of hydrogen-bond acceptors (Lipinski definition) is 3. The molecule has 0 fully saturated rings. The van der Waals surface area contributed by atoms with Crippen LogP contribution in [0.4, 0.5) is 5.82 Å². The van der Waals surface area contributed by atoms with E-state index < -0.39 is 5.97 Å². The first-order chi connectivity index (χ1) is 5.77. The number of rotatable bonds is 1. The normalized spacial score (nSPS) is 12.0. The summed E-state index contributed by atoms with van der Waals surface area (Å²) in [5, 5.41) is 8.64. The van der Waals surface area contributed by atoms with E-state index in [9.17, 15) is 4.79 Å². The van der Waals surface area contributed by atoms with Crippen molar-refractivity contribution >= 4 is 30.4 Å². The Balaban J connectivity index is 0.000000845. The van der Waals surface area contributed by atoms with E-state index in [2.05, 4.69) is 9.98 Å². The third-order valence-electron chi connectivity index (χ3n) is 1.71. The Hall–Kier alpha value is -1.42. The van der Waals surface area contributed by atoms with Gasteiger partial charge in [0.05, 0.1) is 5.56 Å². The Morgan fingerprint density at radius 3 is 3.00 bits per heavy atom. The van der Waals surface area contributed by atoms with E-state index in [1.165, 1.54) is 6.20 Å². The van der Waals surface area contributed by atoms with Crippen LogP contribution in [0, 0.1) is 0 Å². The van der Waals surface area contributed by atoms with Gasteiger partial charge >= 0.3 is 5.97 Å². The molecule has 68 valence electrons. The van der Waals surface area contributed by atoms with E-state index >= 15 is 0 Å². The molecule has 0 bridgehead atoms. The predicted molar refractivity (Wildman–Crippen MR) is 50.3 cm³/mol. The van der Waals surface area contributed by atoms with Gasteiger partial charge in [-0.3, -0.25) is 0 Å². The zero-order valence-electron chi connectivity index (χ0n) is 6.60. The molecule has 0 saturated heterocycles. The molecule has 13 heavy (non-hydrogen) atoms. The minimum absolute atomic E-state index is 0. The van der Waals surface area contributed by atoms with Gasteiger partial charge in [0.2, 0.25) is 0 Å². The molecule has 2 rings (SSSR count). The number of carboxylic acid groups (broad SMARTS) is 1. The number of carboxylic acids is 1. The minimum Gasteiger partial charge on any atom is -0.478 e. The van der Waals surface area contributed by atoms with Crippen LogP contribution in [0.1, 0.15) is 15.9 Å². The van der Waals surface area contributed by atoms with Crippen LogP contribution in [0.5, 0.6) is 0 Å². The van der Waals surface area contributed by atoms with Crippen molar-refractivity contribution in [3.05, 3.63) is 23.4 Å². The molecule has 0 unspecified atom stereocenters. The smallest absolute Gasteiger partial charge is 0.337 e. The lowest BCUT2D eigenvalue weighted by Crippen LogP contribution is -1.97. The van der Waals surface area contributed by atoms with Crippen molar-refractivity contribution in [3.8, 4) is 0 Å². The number of hydrogen-bond donors (Lipinski definition) is 1. The SMILES string of the molecule is Cl.O=C(O)c1cnc2c(c1)CC=N2. The van der Waals surface area contributed by atoms with Crippen molar-refractivity contribution in [2.75, 3.05) is 0 Å². The molecule has 0 radical (unpaired) electrons. The van der Waals surface area contributed by atoms with Gasteiger partial charge in [-0.2, -0.15) is 0 Å². The molecular weight excluding hydrogens is 192 g/mol. The number of aromatic nitrogens is 1. The first-order valence-electron chi connectivity index (χ1n) is 3.52. The molecule has 0 aromatic carbocycles. The lowest BCUT2D eigenvalue weighted by molar-refractivity contribution is 0.0696. The summed E-state index contributed by atoms with van der Waals surface area (Å²) in [5.74, 6) is -0.308. The van der Waals surface area contributed by atoms with Gasteiger partial charge < -0.3 is 5.11 Å². The van der Waals surface area contributed by atoms with Crippen molar-refractivity contribution in [2.24, 2.45) is 4.99 Å². The largest absolute Gasteiger partial charge is 0.478 e. The molecule has 0 aliphatic carbocycles. The summed E-state index contributed by atoms with van der Waals surface area (Å²) in [4.78, 5) is 18.4. The molecule has 2 heterocycles. The molecule has 0 amide bonds. The zero-order chi connectivity index (χ0) is 8.55. The number of aliphatic imine (C=N–C) groups is 1. The summed E-state index contributed by atoms with van der Waals surface area (Å²) >= 11 is 0. The summed E-state index contributed by atoms with van der Waals surface area (Å²) in [7, 11) is 0. The molecule has 0 spiro atoms. The van der Waals surface area contributed by atoms with E-state index in [0.29, 0.717) is 12.2 Å². The third-order valence-corrected chi connectivity index (χ3v) is 1.71. The van der Waals surface area contributed by atoms with Crippen LogP contribution in [0.25, 0.3) is 0 Å². The summed E-state index contributed by atoms with van der Waals surface area (Å²) < 4.78 is 0. The number of pyridine rings is 1. The Bertz CT molecular complexity index is 376. The van der Waals surface area contributed by atoms with Gasteiger partial charge in [0.1, 0.15) is 0 Å². The Morgan fingerprint density at radius 2 is 2.31 bits per heavy atom. The molecule has 1 aromatic rings. The van der Waals surface area contributed by atoms with Crippen LogP contribution in [0.3, 0.4) is 0 Å². The highest BCUT2D eigenvalue weighted by Gasteiger charge is 2.11. The van der Waals surface area contributed by atoms with Crippen LogP contribution >= 0.6 is 12.4 Å². The second kappa shape index (κ2) is 3.53. The number of aromatic carboxylic acids is 1. The van der Waals surface area contributed by atoms with E-state index in [1.54, 1.807) is 12.3 Å². The number of fused-ring (bicyclic) bond motifs is 1. The lowest BCUT2D eigenvalue weighted by Gasteiger charge is -1.97. The fraction of sp³-hybridized carbons (Fsp3) is 0.125. The zero-order valence-corrected chi connectivity index (χ0v) is 7.41. The summed E-state index contributed by atoms with van der Waals surface area (Å²) in [6, 6.07) is 1.61. The van der Waals surface area contributed by atoms with Crippen molar-refractivity contribution in [1.82, 2.24) is 4.98 Å². The van der Waals surface area contributed by atoms with Gasteiger partial charge in [-0.25, -0.2) is 14.8 Å². The molecule has 1 aliphatic heterocycles. The second-order valence-electron chi connectivity index (χ2n) is 2.53. The molecule has 1 aromatic heterocycles. The van der Waals surface area contributed by atoms with Crippen molar-refractivity contribution < 1.29 is 9.90 Å². The van der Waals surface area contributed by atoms with Gasteiger partial charge in [0, 0.05) is 24.4 Å². The van der Waals surface area contributed by atoms with E-state index in [1.807, 2.05) is 0 Å². The average Bonchev–Trinajstić information content (AvgIpc) is 2.49. The van der Waals surface area contributed by atoms with Gasteiger partial charge in [0.15, 0.2) is 5.82 Å². The summed E-state index contributed by atoms with van der Waals surface area (Å²) in [6.45, 7) is 0. The monoisotopic (exact) mass is 198 g/mol. The van der Waals surface area contributed by atoms with Gasteiger partial charge in [-0.05, 0) is 6.07 Å². The minimum atomic E-state index is -0.947. The molecule has 5 heteroatoms. The van der Waals surface area contributed by atoms with E-state index in [-0.39, 0.29) is 18.0 Å². The molecule has 0 saturated carbocycles. The maximum atomic E-state index is 10.5. The third kappa shape index (κ3) is 1.67. The lowest BCUT2D eigenvalue weighted by atomic mass is 10.2. The molecule has 1 N–H and O–H groups in total. The number of nitrogens with zero attached hydrogens (tertiary/aromatic N) is 2. The van der Waals surface area contributed by atoms with Crippen LogP contribution < -0.4 is 0 Å². The fourth-order valence-electron chi connectivity index (χ4n) is 1.12. The topological polar surface area (TPSA) is 62.5 Å². The maximum Gasteiger partial charge on any atom is 0.337 e. The Kier molecular flexibility index (Phi) is 2.63. The average molecular weight is 199 g/mol. The summed E-state index contributed by atoms with van der Waals surface area (Å²) in [6.07, 6.45) is 3.73. The van der Waals surface area contributed by atoms with Gasteiger partial charge in [-0.15, -0.1) is 12.4 Å². The Labute approximate surface area is 80.7 Å². The molecule has 1 aliphatic rings. The quantitative estimate of drug-likeness (QED) is 0.743. The number of halogens is 1. The molecule has 4 nitrogen and oxygen atoms in total. The van der Waals surface area contributed by atoms with Crippen LogP contribution in [0.2, 0.25) is 0 Å². The first kappa shape index (κ1) is 9.67.